The second-order valence-electron chi connectivity index (χ2n) is 9.07. The van der Waals surface area contributed by atoms with Crippen molar-refractivity contribution in [3.8, 4) is 0 Å². The monoisotopic (exact) mass is 465 g/mol. The fraction of sp³-hybridized carbons (Fsp3) is 0.286. The van der Waals surface area contributed by atoms with Crippen molar-refractivity contribution in [2.75, 3.05) is 6.54 Å². The fourth-order valence-corrected chi connectivity index (χ4v) is 4.25. The zero-order valence-corrected chi connectivity index (χ0v) is 19.6. The van der Waals surface area contributed by atoms with Gasteiger partial charge in [-0.05, 0) is 72.5 Å². The largest absolute Gasteiger partial charge is 0.465 e. The third-order valence-corrected chi connectivity index (χ3v) is 5.68. The van der Waals surface area contributed by atoms with Crippen LogP contribution in [0.1, 0.15) is 48.0 Å². The maximum absolute atomic E-state index is 14.1. The van der Waals surface area contributed by atoms with E-state index in [2.05, 4.69) is 18.7 Å². The van der Waals surface area contributed by atoms with Crippen molar-refractivity contribution in [2.24, 2.45) is 5.92 Å². The molecule has 0 amide bonds. The molecular weight excluding hydrogens is 436 g/mol. The first-order chi connectivity index (χ1) is 16.2. The Morgan fingerprint density at radius 2 is 1.38 bits per heavy atom. The summed E-state index contributed by atoms with van der Waals surface area (Å²) in [6.45, 7) is 8.10. The van der Waals surface area contributed by atoms with Crippen LogP contribution in [-0.4, -0.2) is 16.6 Å². The van der Waals surface area contributed by atoms with E-state index in [-0.39, 0.29) is 16.9 Å². The molecule has 0 saturated heterocycles. The molecule has 4 nitrogen and oxygen atoms in total. The Bertz CT molecular complexity index is 1200. The lowest BCUT2D eigenvalue weighted by atomic mass is 9.84. The number of aryl methyl sites for hydroxylation is 1. The zero-order chi connectivity index (χ0) is 24.3. The molecule has 0 unspecified atom stereocenters. The summed E-state index contributed by atoms with van der Waals surface area (Å²) in [6, 6.07) is 18.6. The van der Waals surface area contributed by atoms with E-state index in [9.17, 15) is 13.9 Å². The molecule has 0 aliphatic carbocycles. The summed E-state index contributed by atoms with van der Waals surface area (Å²) in [6.07, 6.45) is 0. The van der Waals surface area contributed by atoms with Crippen LogP contribution in [0.4, 0.5) is 8.78 Å². The van der Waals surface area contributed by atoms with Crippen molar-refractivity contribution in [1.29, 1.82) is 0 Å². The van der Waals surface area contributed by atoms with E-state index < -0.39 is 17.2 Å². The lowest BCUT2D eigenvalue weighted by Crippen LogP contribution is -2.29. The molecule has 0 fully saturated rings. The molecule has 34 heavy (non-hydrogen) atoms. The third-order valence-electron chi connectivity index (χ3n) is 5.68. The number of benzene rings is 2. The molecule has 2 heterocycles. The van der Waals surface area contributed by atoms with Crippen LogP contribution in [0.15, 0.2) is 81.6 Å². The van der Waals surface area contributed by atoms with Gasteiger partial charge in [0.1, 0.15) is 34.7 Å². The second kappa shape index (κ2) is 9.95. The van der Waals surface area contributed by atoms with Gasteiger partial charge in [0.05, 0.1) is 13.1 Å². The zero-order valence-electron chi connectivity index (χ0n) is 19.6. The molecule has 0 atom stereocenters. The van der Waals surface area contributed by atoms with Gasteiger partial charge in [0.25, 0.3) is 0 Å². The molecule has 4 rings (SSSR count). The third kappa shape index (κ3) is 5.29. The van der Waals surface area contributed by atoms with Crippen molar-refractivity contribution in [2.45, 2.75) is 39.5 Å². The molecule has 0 radical (unpaired) electrons. The lowest BCUT2D eigenvalue weighted by Gasteiger charge is -2.27. The number of aliphatic hydroxyl groups is 1. The number of rotatable bonds is 9. The number of hydrogen-bond acceptors (Lipinski definition) is 4. The molecule has 4 aromatic rings. The van der Waals surface area contributed by atoms with Gasteiger partial charge in [0.15, 0.2) is 5.60 Å². The second-order valence-corrected chi connectivity index (χ2v) is 9.07. The fourth-order valence-electron chi connectivity index (χ4n) is 4.25. The van der Waals surface area contributed by atoms with Crippen LogP contribution in [0, 0.1) is 24.5 Å². The number of halogens is 2. The molecule has 2 aromatic heterocycles. The first-order valence-electron chi connectivity index (χ1n) is 11.4. The summed E-state index contributed by atoms with van der Waals surface area (Å²) in [5.74, 6) is 1.95. The van der Waals surface area contributed by atoms with Crippen LogP contribution in [0.5, 0.6) is 0 Å². The van der Waals surface area contributed by atoms with Gasteiger partial charge in [-0.3, -0.25) is 4.90 Å². The van der Waals surface area contributed by atoms with Gasteiger partial charge in [-0.1, -0.05) is 38.1 Å². The molecule has 0 saturated carbocycles. The maximum Gasteiger partial charge on any atom is 0.173 e. The summed E-state index contributed by atoms with van der Waals surface area (Å²) in [7, 11) is 0. The standard InChI is InChI=1S/C28H29F2NO3/c1-19(2)16-31(17-25-11-10-20(3)33-25)18-26-12-13-27(34-26)28(32,21-6-4-8-23(29)14-21)22-7-5-9-24(30)15-22/h4-15,19,32H,16-18H2,1-3H3. The van der Waals surface area contributed by atoms with E-state index in [1.54, 1.807) is 24.3 Å². The van der Waals surface area contributed by atoms with Crippen LogP contribution in [-0.2, 0) is 18.7 Å². The van der Waals surface area contributed by atoms with E-state index in [0.29, 0.717) is 24.8 Å². The highest BCUT2D eigenvalue weighted by Gasteiger charge is 2.38. The highest BCUT2D eigenvalue weighted by Crippen LogP contribution is 2.38. The number of nitrogens with zero attached hydrogens (tertiary/aromatic N) is 1. The summed E-state index contributed by atoms with van der Waals surface area (Å²) >= 11 is 0. The van der Waals surface area contributed by atoms with Gasteiger partial charge >= 0.3 is 0 Å². The normalized spacial score (nSPS) is 12.1. The Morgan fingerprint density at radius 1 is 0.824 bits per heavy atom. The van der Waals surface area contributed by atoms with Gasteiger partial charge in [0.2, 0.25) is 0 Å². The van der Waals surface area contributed by atoms with E-state index >= 15 is 0 Å². The smallest absolute Gasteiger partial charge is 0.173 e. The molecule has 0 aliphatic rings. The van der Waals surface area contributed by atoms with Gasteiger partial charge in [-0.25, -0.2) is 8.78 Å². The van der Waals surface area contributed by atoms with Crippen LogP contribution in [0.25, 0.3) is 0 Å². The molecule has 0 aliphatic heterocycles. The highest BCUT2D eigenvalue weighted by molar-refractivity contribution is 5.44. The van der Waals surface area contributed by atoms with Crippen molar-refractivity contribution < 1.29 is 22.7 Å². The van der Waals surface area contributed by atoms with Crippen LogP contribution in [0.3, 0.4) is 0 Å². The minimum atomic E-state index is -1.86. The predicted octanol–water partition coefficient (Wildman–Crippen LogP) is 6.40. The lowest BCUT2D eigenvalue weighted by molar-refractivity contribution is 0.0938. The molecule has 0 bridgehead atoms. The number of hydrogen-bond donors (Lipinski definition) is 1. The van der Waals surface area contributed by atoms with Crippen molar-refractivity contribution in [3.05, 3.63) is 119 Å². The summed E-state index contributed by atoms with van der Waals surface area (Å²) in [5.41, 5.74) is -1.35. The first kappa shape index (κ1) is 23.9. The summed E-state index contributed by atoms with van der Waals surface area (Å²) in [4.78, 5) is 2.20. The Labute approximate surface area is 198 Å². The molecule has 6 heteroatoms. The first-order valence-corrected chi connectivity index (χ1v) is 11.4. The van der Waals surface area contributed by atoms with E-state index in [0.717, 1.165) is 18.1 Å². The Kier molecular flexibility index (Phi) is 7.00. The average Bonchev–Trinajstić information content (AvgIpc) is 3.42. The minimum Gasteiger partial charge on any atom is -0.465 e. The Balaban J connectivity index is 1.68. The molecule has 178 valence electrons. The number of furan rings is 2. The summed E-state index contributed by atoms with van der Waals surface area (Å²) < 4.78 is 40.0. The van der Waals surface area contributed by atoms with Gasteiger partial charge in [-0.15, -0.1) is 0 Å². The van der Waals surface area contributed by atoms with E-state index in [4.69, 9.17) is 8.83 Å². The van der Waals surface area contributed by atoms with Crippen LogP contribution >= 0.6 is 0 Å². The molecular formula is C28H29F2NO3. The SMILES string of the molecule is Cc1ccc(CN(Cc2ccc(C(O)(c3cccc(F)c3)c3cccc(F)c3)o2)CC(C)C)o1. The topological polar surface area (TPSA) is 49.8 Å². The Morgan fingerprint density at radius 3 is 1.88 bits per heavy atom. The molecule has 0 spiro atoms. The summed E-state index contributed by atoms with van der Waals surface area (Å²) in [5, 5.41) is 11.8. The minimum absolute atomic E-state index is 0.192. The van der Waals surface area contributed by atoms with Crippen molar-refractivity contribution in [3.63, 3.8) is 0 Å². The van der Waals surface area contributed by atoms with E-state index in [1.165, 1.54) is 36.4 Å². The van der Waals surface area contributed by atoms with Crippen molar-refractivity contribution in [1.82, 2.24) is 4.90 Å². The quantitative estimate of drug-likeness (QED) is 0.311. The average molecular weight is 466 g/mol. The Hall–Kier alpha value is -3.22. The van der Waals surface area contributed by atoms with Gasteiger partial charge in [0, 0.05) is 6.54 Å². The van der Waals surface area contributed by atoms with E-state index in [1.807, 2.05) is 19.1 Å². The van der Waals surface area contributed by atoms with Gasteiger partial charge in [-0.2, -0.15) is 0 Å². The highest BCUT2D eigenvalue weighted by atomic mass is 19.1. The van der Waals surface area contributed by atoms with Crippen molar-refractivity contribution >= 4 is 0 Å². The molecule has 2 aromatic carbocycles. The maximum atomic E-state index is 14.1. The molecule has 1 N–H and O–H groups in total. The van der Waals surface area contributed by atoms with Gasteiger partial charge < -0.3 is 13.9 Å². The predicted molar refractivity (Wildman–Crippen MR) is 126 cm³/mol. The van der Waals surface area contributed by atoms with Crippen LogP contribution < -0.4 is 0 Å². The van der Waals surface area contributed by atoms with Crippen LogP contribution in [0.2, 0.25) is 0 Å².